The van der Waals surface area contributed by atoms with E-state index in [-0.39, 0.29) is 11.6 Å². The van der Waals surface area contributed by atoms with Crippen molar-refractivity contribution in [2.24, 2.45) is 0 Å². The standard InChI is InChI=1S/C17H17FO3S/c1-20-16-8-3-12(11-17(16)21-2)15(19)9-10-22-14-6-4-13(18)5-7-14/h3-8,11H,9-10H2,1-2H3. The van der Waals surface area contributed by atoms with Crippen LogP contribution in [0.1, 0.15) is 16.8 Å². The smallest absolute Gasteiger partial charge is 0.163 e. The summed E-state index contributed by atoms with van der Waals surface area (Å²) in [4.78, 5) is 13.1. The van der Waals surface area contributed by atoms with Crippen molar-refractivity contribution in [1.82, 2.24) is 0 Å². The van der Waals surface area contributed by atoms with E-state index in [1.807, 2.05) is 0 Å². The van der Waals surface area contributed by atoms with Crippen LogP contribution < -0.4 is 9.47 Å². The highest BCUT2D eigenvalue weighted by atomic mass is 32.2. The van der Waals surface area contributed by atoms with Crippen LogP contribution in [0.3, 0.4) is 0 Å². The third-order valence-corrected chi connectivity index (χ3v) is 4.13. The first-order chi connectivity index (χ1) is 10.6. The Bertz CT molecular complexity index is 641. The summed E-state index contributed by atoms with van der Waals surface area (Å²) in [5.74, 6) is 1.55. The Hall–Kier alpha value is -2.01. The quantitative estimate of drug-likeness (QED) is 0.565. The van der Waals surface area contributed by atoms with Crippen LogP contribution in [0.4, 0.5) is 4.39 Å². The van der Waals surface area contributed by atoms with E-state index >= 15 is 0 Å². The van der Waals surface area contributed by atoms with Crippen molar-refractivity contribution in [2.75, 3.05) is 20.0 Å². The normalized spacial score (nSPS) is 10.3. The zero-order valence-corrected chi connectivity index (χ0v) is 13.3. The predicted molar refractivity (Wildman–Crippen MR) is 85.6 cm³/mol. The van der Waals surface area contributed by atoms with Crippen LogP contribution in [0.25, 0.3) is 0 Å². The van der Waals surface area contributed by atoms with Crippen molar-refractivity contribution in [1.29, 1.82) is 0 Å². The lowest BCUT2D eigenvalue weighted by molar-refractivity contribution is 0.0989. The van der Waals surface area contributed by atoms with Gasteiger partial charge in [0.15, 0.2) is 17.3 Å². The van der Waals surface area contributed by atoms with Crippen LogP contribution in [0.2, 0.25) is 0 Å². The van der Waals surface area contributed by atoms with Crippen LogP contribution in [-0.2, 0) is 0 Å². The average molecular weight is 320 g/mol. The van der Waals surface area contributed by atoms with E-state index in [0.717, 1.165) is 4.90 Å². The molecule has 0 radical (unpaired) electrons. The average Bonchev–Trinajstić information content (AvgIpc) is 2.55. The van der Waals surface area contributed by atoms with Crippen LogP contribution in [0.5, 0.6) is 11.5 Å². The van der Waals surface area contributed by atoms with E-state index in [0.29, 0.717) is 29.2 Å². The molecule has 2 aromatic rings. The SMILES string of the molecule is COc1ccc(C(=O)CCSc2ccc(F)cc2)cc1OC. The first-order valence-electron chi connectivity index (χ1n) is 6.77. The number of benzene rings is 2. The lowest BCUT2D eigenvalue weighted by Gasteiger charge is -2.09. The summed E-state index contributed by atoms with van der Waals surface area (Å²) in [6, 6.07) is 11.4. The third kappa shape index (κ3) is 4.24. The first kappa shape index (κ1) is 16.4. The summed E-state index contributed by atoms with van der Waals surface area (Å²) in [7, 11) is 3.09. The van der Waals surface area contributed by atoms with E-state index in [4.69, 9.17) is 9.47 Å². The maximum atomic E-state index is 12.8. The molecule has 0 fully saturated rings. The van der Waals surface area contributed by atoms with E-state index in [9.17, 15) is 9.18 Å². The molecule has 0 saturated carbocycles. The third-order valence-electron chi connectivity index (χ3n) is 3.12. The van der Waals surface area contributed by atoms with Gasteiger partial charge in [-0.05, 0) is 42.5 Å². The molecule has 0 aromatic heterocycles. The molecule has 0 bridgehead atoms. The topological polar surface area (TPSA) is 35.5 Å². The molecule has 0 saturated heterocycles. The summed E-state index contributed by atoms with van der Waals surface area (Å²) < 4.78 is 23.1. The molecule has 2 rings (SSSR count). The van der Waals surface area contributed by atoms with Crippen LogP contribution >= 0.6 is 11.8 Å². The monoisotopic (exact) mass is 320 g/mol. The van der Waals surface area contributed by atoms with Gasteiger partial charge in [-0.25, -0.2) is 4.39 Å². The van der Waals surface area contributed by atoms with E-state index < -0.39 is 0 Å². The summed E-state index contributed by atoms with van der Waals surface area (Å²) >= 11 is 1.53. The Morgan fingerprint density at radius 3 is 2.36 bits per heavy atom. The van der Waals surface area contributed by atoms with Crippen LogP contribution in [0.15, 0.2) is 47.4 Å². The van der Waals surface area contributed by atoms with Crippen LogP contribution in [0, 0.1) is 5.82 Å². The van der Waals surface area contributed by atoms with Gasteiger partial charge in [-0.2, -0.15) is 0 Å². The number of ether oxygens (including phenoxy) is 2. The molecular formula is C17H17FO3S. The zero-order valence-electron chi connectivity index (χ0n) is 12.5. The van der Waals surface area contributed by atoms with Crippen molar-refractivity contribution in [2.45, 2.75) is 11.3 Å². The molecule has 2 aromatic carbocycles. The number of rotatable bonds is 7. The Morgan fingerprint density at radius 1 is 1.05 bits per heavy atom. The lowest BCUT2D eigenvalue weighted by Crippen LogP contribution is -2.02. The van der Waals surface area contributed by atoms with Crippen molar-refractivity contribution >= 4 is 17.5 Å². The Kier molecular flexibility index (Phi) is 5.83. The molecule has 0 amide bonds. The van der Waals surface area contributed by atoms with Crippen LogP contribution in [-0.4, -0.2) is 25.8 Å². The van der Waals surface area contributed by atoms with Crippen molar-refractivity contribution < 1.29 is 18.7 Å². The van der Waals surface area contributed by atoms with Gasteiger partial charge < -0.3 is 9.47 Å². The largest absolute Gasteiger partial charge is 0.493 e. The van der Waals surface area contributed by atoms with Gasteiger partial charge in [-0.3, -0.25) is 4.79 Å². The van der Waals surface area contributed by atoms with Gasteiger partial charge in [-0.15, -0.1) is 11.8 Å². The number of ketones is 1. The number of carbonyl (C=O) groups is 1. The molecule has 3 nitrogen and oxygen atoms in total. The second-order valence-electron chi connectivity index (χ2n) is 4.55. The van der Waals surface area contributed by atoms with Gasteiger partial charge in [-0.1, -0.05) is 0 Å². The maximum absolute atomic E-state index is 12.8. The number of thioether (sulfide) groups is 1. The number of hydrogen-bond acceptors (Lipinski definition) is 4. The summed E-state index contributed by atoms with van der Waals surface area (Å²) in [6.45, 7) is 0. The molecule has 22 heavy (non-hydrogen) atoms. The second kappa shape index (κ2) is 7.84. The molecule has 0 heterocycles. The molecule has 0 aliphatic heterocycles. The van der Waals surface area contributed by atoms with Gasteiger partial charge in [0.2, 0.25) is 0 Å². The molecule has 5 heteroatoms. The van der Waals surface area contributed by atoms with E-state index in [2.05, 4.69) is 0 Å². The predicted octanol–water partition coefficient (Wildman–Crippen LogP) is 4.21. The minimum Gasteiger partial charge on any atom is -0.493 e. The highest BCUT2D eigenvalue weighted by Gasteiger charge is 2.10. The molecule has 0 N–H and O–H groups in total. The Balaban J connectivity index is 1.93. The minimum atomic E-state index is -0.259. The molecule has 0 aliphatic carbocycles. The van der Waals surface area contributed by atoms with Gasteiger partial charge in [0.1, 0.15) is 5.82 Å². The van der Waals surface area contributed by atoms with E-state index in [1.165, 1.54) is 31.0 Å². The van der Waals surface area contributed by atoms with Gasteiger partial charge in [0, 0.05) is 22.6 Å². The van der Waals surface area contributed by atoms with Gasteiger partial charge in [0.05, 0.1) is 14.2 Å². The number of hydrogen-bond donors (Lipinski definition) is 0. The zero-order chi connectivity index (χ0) is 15.9. The molecular weight excluding hydrogens is 303 g/mol. The first-order valence-corrected chi connectivity index (χ1v) is 7.76. The fourth-order valence-corrected chi connectivity index (χ4v) is 2.80. The molecule has 0 spiro atoms. The number of Topliss-reactive ketones (excluding diaryl/α,β-unsaturated/α-hetero) is 1. The van der Waals surface area contributed by atoms with Crippen molar-refractivity contribution in [3.05, 3.63) is 53.8 Å². The molecule has 0 aliphatic rings. The molecule has 116 valence electrons. The molecule has 0 atom stereocenters. The second-order valence-corrected chi connectivity index (χ2v) is 5.71. The van der Waals surface area contributed by atoms with Crippen molar-refractivity contribution in [3.8, 4) is 11.5 Å². The van der Waals surface area contributed by atoms with Crippen molar-refractivity contribution in [3.63, 3.8) is 0 Å². The van der Waals surface area contributed by atoms with Gasteiger partial charge >= 0.3 is 0 Å². The summed E-state index contributed by atoms with van der Waals surface area (Å²) in [5.41, 5.74) is 0.595. The fraction of sp³-hybridized carbons (Fsp3) is 0.235. The van der Waals surface area contributed by atoms with E-state index in [1.54, 1.807) is 37.4 Å². The number of halogens is 1. The fourth-order valence-electron chi connectivity index (χ4n) is 1.95. The Labute approximate surface area is 133 Å². The number of methoxy groups -OCH3 is 2. The highest BCUT2D eigenvalue weighted by molar-refractivity contribution is 7.99. The summed E-state index contributed by atoms with van der Waals surface area (Å²) in [5, 5.41) is 0. The maximum Gasteiger partial charge on any atom is 0.163 e. The highest BCUT2D eigenvalue weighted by Crippen LogP contribution is 2.28. The lowest BCUT2D eigenvalue weighted by atomic mass is 10.1. The Morgan fingerprint density at radius 2 is 1.73 bits per heavy atom. The number of carbonyl (C=O) groups excluding carboxylic acids is 1. The van der Waals surface area contributed by atoms with Gasteiger partial charge in [0.25, 0.3) is 0 Å². The molecule has 0 unspecified atom stereocenters. The minimum absolute atomic E-state index is 0.0376. The summed E-state index contributed by atoms with van der Waals surface area (Å²) in [6.07, 6.45) is 0.400.